The van der Waals surface area contributed by atoms with Gasteiger partial charge in [-0.1, -0.05) is 12.1 Å². The highest BCUT2D eigenvalue weighted by molar-refractivity contribution is 5.85. The maximum Gasteiger partial charge on any atom is 0.115 e. The summed E-state index contributed by atoms with van der Waals surface area (Å²) in [4.78, 5) is 0. The fraction of sp³-hybridized carbons (Fsp3) is 0.333. The highest BCUT2D eigenvalue weighted by atomic mass is 35.5. The van der Waals surface area contributed by atoms with E-state index in [0.717, 1.165) is 5.56 Å². The Morgan fingerprint density at radius 2 is 1.77 bits per heavy atom. The summed E-state index contributed by atoms with van der Waals surface area (Å²) in [5.41, 5.74) is 6.08. The Morgan fingerprint density at radius 1 is 1.23 bits per heavy atom. The van der Waals surface area contributed by atoms with Gasteiger partial charge in [0.15, 0.2) is 0 Å². The quantitative estimate of drug-likeness (QED) is 0.692. The molecule has 0 aliphatic rings. The van der Waals surface area contributed by atoms with Crippen LogP contribution in [0.15, 0.2) is 24.3 Å². The van der Waals surface area contributed by atoms with E-state index in [1.165, 1.54) is 0 Å². The van der Waals surface area contributed by atoms with Gasteiger partial charge in [-0.2, -0.15) is 0 Å². The summed E-state index contributed by atoms with van der Waals surface area (Å²) in [6, 6.07) is 6.48. The molecule has 3 nitrogen and oxygen atoms in total. The van der Waals surface area contributed by atoms with E-state index in [9.17, 15) is 5.11 Å². The topological polar surface area (TPSA) is 66.5 Å². The van der Waals surface area contributed by atoms with Crippen molar-refractivity contribution in [2.45, 2.75) is 12.5 Å². The molecule has 0 saturated heterocycles. The number of aliphatic hydroxyl groups is 1. The van der Waals surface area contributed by atoms with E-state index in [2.05, 4.69) is 0 Å². The van der Waals surface area contributed by atoms with Crippen LogP contribution in [-0.2, 0) is 0 Å². The fourth-order valence-electron chi connectivity index (χ4n) is 1.02. The van der Waals surface area contributed by atoms with E-state index < -0.39 is 6.10 Å². The molecule has 0 aliphatic heterocycles. The highest BCUT2D eigenvalue weighted by Crippen LogP contribution is 2.18. The molecule has 0 heterocycles. The molecule has 1 unspecified atom stereocenters. The summed E-state index contributed by atoms with van der Waals surface area (Å²) in [7, 11) is 0. The summed E-state index contributed by atoms with van der Waals surface area (Å²) >= 11 is 0. The monoisotopic (exact) mass is 203 g/mol. The molecular formula is C9H14ClNO2. The molecule has 0 aromatic heterocycles. The largest absolute Gasteiger partial charge is 0.508 e. The molecule has 0 amide bonds. The van der Waals surface area contributed by atoms with Gasteiger partial charge in [-0.3, -0.25) is 0 Å². The zero-order chi connectivity index (χ0) is 8.97. The normalized spacial score (nSPS) is 11.8. The third kappa shape index (κ3) is 3.63. The Hall–Kier alpha value is -0.770. The van der Waals surface area contributed by atoms with E-state index in [1.54, 1.807) is 24.3 Å². The van der Waals surface area contributed by atoms with Gasteiger partial charge in [-0.15, -0.1) is 12.4 Å². The molecule has 4 heteroatoms. The summed E-state index contributed by atoms with van der Waals surface area (Å²) in [5, 5.41) is 18.4. The van der Waals surface area contributed by atoms with Gasteiger partial charge in [0.1, 0.15) is 5.75 Å². The van der Waals surface area contributed by atoms with Crippen LogP contribution in [0.3, 0.4) is 0 Å². The van der Waals surface area contributed by atoms with Crippen molar-refractivity contribution in [1.82, 2.24) is 0 Å². The molecule has 1 aromatic rings. The molecule has 0 radical (unpaired) electrons. The number of phenolic OH excluding ortho intramolecular Hbond substituents is 1. The van der Waals surface area contributed by atoms with E-state index in [1.807, 2.05) is 0 Å². The summed E-state index contributed by atoms with van der Waals surface area (Å²) < 4.78 is 0. The first-order valence-electron chi connectivity index (χ1n) is 3.91. The van der Waals surface area contributed by atoms with Crippen molar-refractivity contribution >= 4 is 12.4 Å². The SMILES string of the molecule is Cl.NCCC(O)c1ccc(O)cc1. The number of benzene rings is 1. The molecule has 0 bridgehead atoms. The second kappa shape index (κ2) is 5.80. The van der Waals surface area contributed by atoms with E-state index >= 15 is 0 Å². The molecule has 0 aliphatic carbocycles. The molecule has 0 saturated carbocycles. The second-order valence-corrected chi connectivity index (χ2v) is 2.68. The minimum Gasteiger partial charge on any atom is -0.508 e. The molecule has 4 N–H and O–H groups in total. The van der Waals surface area contributed by atoms with Gasteiger partial charge < -0.3 is 15.9 Å². The van der Waals surface area contributed by atoms with Gasteiger partial charge in [-0.25, -0.2) is 0 Å². The number of nitrogens with two attached hydrogens (primary N) is 1. The van der Waals surface area contributed by atoms with E-state index in [-0.39, 0.29) is 18.2 Å². The standard InChI is InChI=1S/C9H13NO2.ClH/c10-6-5-9(12)7-1-3-8(11)4-2-7;/h1-4,9,11-12H,5-6,10H2;1H. The van der Waals surface area contributed by atoms with Crippen molar-refractivity contribution in [2.75, 3.05) is 6.54 Å². The Labute approximate surface area is 83.6 Å². The maximum atomic E-state index is 9.45. The first kappa shape index (κ1) is 12.2. The van der Waals surface area contributed by atoms with Crippen LogP contribution in [0.4, 0.5) is 0 Å². The fourth-order valence-corrected chi connectivity index (χ4v) is 1.02. The van der Waals surface area contributed by atoms with E-state index in [0.29, 0.717) is 13.0 Å². The number of phenols is 1. The summed E-state index contributed by atoms with van der Waals surface area (Å²) in [5.74, 6) is 0.207. The predicted molar refractivity (Wildman–Crippen MR) is 54.0 cm³/mol. The van der Waals surface area contributed by atoms with Gasteiger partial charge in [0, 0.05) is 0 Å². The number of aliphatic hydroxyl groups excluding tert-OH is 1. The molecule has 0 fully saturated rings. The molecule has 13 heavy (non-hydrogen) atoms. The highest BCUT2D eigenvalue weighted by Gasteiger charge is 2.04. The van der Waals surface area contributed by atoms with Crippen LogP contribution in [0.2, 0.25) is 0 Å². The minimum absolute atomic E-state index is 0. The lowest BCUT2D eigenvalue weighted by Gasteiger charge is -2.08. The lowest BCUT2D eigenvalue weighted by molar-refractivity contribution is 0.170. The van der Waals surface area contributed by atoms with Crippen LogP contribution < -0.4 is 5.73 Å². The van der Waals surface area contributed by atoms with Crippen LogP contribution in [-0.4, -0.2) is 16.8 Å². The minimum atomic E-state index is -0.518. The van der Waals surface area contributed by atoms with Crippen LogP contribution in [0.5, 0.6) is 5.75 Å². The van der Waals surface area contributed by atoms with Crippen LogP contribution in [0.25, 0.3) is 0 Å². The van der Waals surface area contributed by atoms with Gasteiger partial charge in [0.2, 0.25) is 0 Å². The Balaban J connectivity index is 0.00000144. The Morgan fingerprint density at radius 3 is 2.23 bits per heavy atom. The van der Waals surface area contributed by atoms with Gasteiger partial charge in [0.05, 0.1) is 6.10 Å². The number of hydrogen-bond acceptors (Lipinski definition) is 3. The van der Waals surface area contributed by atoms with Crippen LogP contribution in [0.1, 0.15) is 18.1 Å². The lowest BCUT2D eigenvalue weighted by Crippen LogP contribution is -2.06. The first-order valence-corrected chi connectivity index (χ1v) is 3.91. The zero-order valence-electron chi connectivity index (χ0n) is 7.18. The Kier molecular flexibility index (Phi) is 5.46. The van der Waals surface area contributed by atoms with Crippen molar-refractivity contribution < 1.29 is 10.2 Å². The second-order valence-electron chi connectivity index (χ2n) is 2.68. The Bertz CT molecular complexity index is 238. The average molecular weight is 204 g/mol. The third-order valence-corrected chi connectivity index (χ3v) is 1.72. The van der Waals surface area contributed by atoms with E-state index in [4.69, 9.17) is 10.8 Å². The predicted octanol–water partition coefficient (Wildman–Crippen LogP) is 1.20. The van der Waals surface area contributed by atoms with Crippen molar-refractivity contribution in [2.24, 2.45) is 5.73 Å². The number of aromatic hydroxyl groups is 1. The van der Waals surface area contributed by atoms with Crippen LogP contribution >= 0.6 is 12.4 Å². The van der Waals surface area contributed by atoms with Crippen molar-refractivity contribution in [3.05, 3.63) is 29.8 Å². The summed E-state index contributed by atoms with van der Waals surface area (Å²) in [6.07, 6.45) is 0.0284. The van der Waals surface area contributed by atoms with Crippen molar-refractivity contribution in [3.63, 3.8) is 0 Å². The van der Waals surface area contributed by atoms with Gasteiger partial charge in [-0.05, 0) is 30.7 Å². The average Bonchev–Trinajstić information content (AvgIpc) is 2.06. The number of rotatable bonds is 3. The lowest BCUT2D eigenvalue weighted by atomic mass is 10.1. The summed E-state index contributed by atoms with van der Waals surface area (Å²) in [6.45, 7) is 0.460. The smallest absolute Gasteiger partial charge is 0.115 e. The van der Waals surface area contributed by atoms with Crippen molar-refractivity contribution in [1.29, 1.82) is 0 Å². The van der Waals surface area contributed by atoms with Gasteiger partial charge in [0.25, 0.3) is 0 Å². The van der Waals surface area contributed by atoms with Crippen molar-refractivity contribution in [3.8, 4) is 5.75 Å². The maximum absolute atomic E-state index is 9.45. The molecule has 1 rings (SSSR count). The first-order chi connectivity index (χ1) is 5.74. The third-order valence-electron chi connectivity index (χ3n) is 1.72. The molecule has 74 valence electrons. The molecule has 1 aromatic carbocycles. The molecule has 1 atom stereocenters. The van der Waals surface area contributed by atoms with Gasteiger partial charge >= 0.3 is 0 Å². The molecule has 0 spiro atoms. The zero-order valence-corrected chi connectivity index (χ0v) is 8.00. The van der Waals surface area contributed by atoms with Crippen LogP contribution in [0, 0.1) is 0 Å². The number of halogens is 1. The number of hydrogen-bond donors (Lipinski definition) is 3. The molecular weight excluding hydrogens is 190 g/mol.